The van der Waals surface area contributed by atoms with Gasteiger partial charge in [-0.2, -0.15) is 0 Å². The fraction of sp³-hybridized carbons (Fsp3) is 0.469. The van der Waals surface area contributed by atoms with Crippen LogP contribution in [-0.4, -0.2) is 41.3 Å². The molecule has 3 aliphatic rings. The van der Waals surface area contributed by atoms with Crippen molar-refractivity contribution < 1.29 is 19.1 Å². The third-order valence-corrected chi connectivity index (χ3v) is 8.40. The summed E-state index contributed by atoms with van der Waals surface area (Å²) < 4.78 is 5.63. The van der Waals surface area contributed by atoms with E-state index in [0.29, 0.717) is 18.9 Å². The Morgan fingerprint density at radius 3 is 2.32 bits per heavy atom. The second-order valence-electron chi connectivity index (χ2n) is 10.9. The van der Waals surface area contributed by atoms with Gasteiger partial charge in [-0.1, -0.05) is 92.1 Å². The zero-order chi connectivity index (χ0) is 26.3. The average molecular weight is 515 g/mol. The second kappa shape index (κ2) is 12.4. The van der Waals surface area contributed by atoms with Crippen LogP contribution in [-0.2, 0) is 32.1 Å². The van der Waals surface area contributed by atoms with Crippen LogP contribution in [0.15, 0.2) is 72.8 Å². The highest BCUT2D eigenvalue weighted by Crippen LogP contribution is 2.39. The van der Waals surface area contributed by atoms with Crippen molar-refractivity contribution in [3.05, 3.63) is 83.9 Å². The van der Waals surface area contributed by atoms with E-state index in [1.807, 2.05) is 66.7 Å². The number of esters is 1. The van der Waals surface area contributed by atoms with E-state index in [-0.39, 0.29) is 30.3 Å². The van der Waals surface area contributed by atoms with E-state index in [0.717, 1.165) is 36.9 Å². The number of amides is 2. The summed E-state index contributed by atoms with van der Waals surface area (Å²) in [5.41, 5.74) is 1.83. The monoisotopic (exact) mass is 514 g/mol. The molecule has 0 unspecified atom stereocenters. The molecule has 6 heteroatoms. The summed E-state index contributed by atoms with van der Waals surface area (Å²) >= 11 is 0. The number of allylic oxidation sites excluding steroid dienone is 2. The van der Waals surface area contributed by atoms with Crippen LogP contribution >= 0.6 is 0 Å². The summed E-state index contributed by atoms with van der Waals surface area (Å²) in [6.45, 7) is 0.915. The van der Waals surface area contributed by atoms with E-state index in [1.54, 1.807) is 0 Å². The highest BCUT2D eigenvalue weighted by atomic mass is 16.5. The molecule has 0 bridgehead atoms. The number of hydrogen-bond acceptors (Lipinski definition) is 4. The number of ether oxygens (including phenoxy) is 1. The van der Waals surface area contributed by atoms with Crippen LogP contribution in [0.3, 0.4) is 0 Å². The van der Waals surface area contributed by atoms with E-state index < -0.39 is 17.9 Å². The van der Waals surface area contributed by atoms with Crippen LogP contribution in [0, 0.1) is 17.8 Å². The van der Waals surface area contributed by atoms with Crippen molar-refractivity contribution in [3.63, 3.8) is 0 Å². The van der Waals surface area contributed by atoms with E-state index in [1.165, 1.54) is 19.3 Å². The summed E-state index contributed by atoms with van der Waals surface area (Å²) in [6, 6.07) is 18.6. The van der Waals surface area contributed by atoms with Crippen molar-refractivity contribution in [3.8, 4) is 0 Å². The van der Waals surface area contributed by atoms with Crippen LogP contribution in [0.25, 0.3) is 0 Å². The third kappa shape index (κ3) is 6.17. The number of nitrogens with zero attached hydrogens (tertiary/aromatic N) is 1. The summed E-state index contributed by atoms with van der Waals surface area (Å²) in [5.74, 6) is -1.36. The summed E-state index contributed by atoms with van der Waals surface area (Å²) in [5, 5.41) is 3.00. The molecule has 1 saturated heterocycles. The molecule has 0 aromatic heterocycles. The Labute approximate surface area is 225 Å². The van der Waals surface area contributed by atoms with Gasteiger partial charge in [0.1, 0.15) is 12.6 Å². The third-order valence-electron chi connectivity index (χ3n) is 8.40. The minimum absolute atomic E-state index is 0.0736. The number of carbonyl (C=O) groups is 3. The molecule has 0 spiro atoms. The first-order valence-electron chi connectivity index (χ1n) is 14.1. The molecular weight excluding hydrogens is 476 g/mol. The minimum atomic E-state index is -0.828. The first-order chi connectivity index (χ1) is 18.6. The molecule has 2 fully saturated rings. The zero-order valence-corrected chi connectivity index (χ0v) is 22.0. The molecule has 5 rings (SSSR count). The Morgan fingerprint density at radius 2 is 1.61 bits per heavy atom. The molecule has 2 aromatic rings. The number of likely N-dealkylation sites (tertiary alicyclic amines) is 1. The van der Waals surface area contributed by atoms with E-state index in [4.69, 9.17) is 4.74 Å². The Balaban J connectivity index is 1.30. The first-order valence-corrected chi connectivity index (χ1v) is 14.1. The lowest BCUT2D eigenvalue weighted by Crippen LogP contribution is -2.56. The zero-order valence-electron chi connectivity index (χ0n) is 22.0. The van der Waals surface area contributed by atoms with Gasteiger partial charge in [0, 0.05) is 19.0 Å². The lowest BCUT2D eigenvalue weighted by molar-refractivity contribution is -0.153. The standard InChI is InChI=1S/C32H38N2O4/c35-30(27-18-10-15-25-19-20-34(31(36)29(25)27)26-16-8-3-9-17-26)33-28(21-23-11-4-1-5-12-23)32(37)38-22-24-13-6-2-7-14-24/h1-2,4-7,10-15,25-29H,3,8-9,16-22H2,(H,33,35)/t25-,27-,28-,29+/m0/s1. The lowest BCUT2D eigenvalue weighted by atomic mass is 9.70. The Hall–Kier alpha value is -3.41. The van der Waals surface area contributed by atoms with Gasteiger partial charge >= 0.3 is 5.97 Å². The largest absolute Gasteiger partial charge is 0.459 e. The van der Waals surface area contributed by atoms with Gasteiger partial charge in [-0.15, -0.1) is 0 Å². The Bertz CT molecular complexity index is 1130. The normalized spacial score (nSPS) is 24.4. The van der Waals surface area contributed by atoms with Crippen LogP contribution in [0.5, 0.6) is 0 Å². The summed E-state index contributed by atoms with van der Waals surface area (Å²) in [4.78, 5) is 42.8. The average Bonchev–Trinajstić information content (AvgIpc) is 2.97. The maximum atomic E-state index is 13.8. The molecule has 200 valence electrons. The quantitative estimate of drug-likeness (QED) is 0.404. The van der Waals surface area contributed by atoms with Crippen molar-refractivity contribution in [1.29, 1.82) is 0 Å². The SMILES string of the molecule is O=C(OCc1ccccc1)[C@H](Cc1ccccc1)NC(=O)[C@H]1CC=C[C@H]2CCN(C3CCCCC3)C(=O)[C@@H]12. The number of nitrogens with one attached hydrogen (secondary N) is 1. The molecule has 2 aliphatic carbocycles. The summed E-state index contributed by atoms with van der Waals surface area (Å²) in [7, 11) is 0. The van der Waals surface area contributed by atoms with Gasteiger partial charge in [-0.25, -0.2) is 4.79 Å². The van der Waals surface area contributed by atoms with Gasteiger partial charge in [0.25, 0.3) is 0 Å². The molecule has 2 amide bonds. The van der Waals surface area contributed by atoms with Crippen molar-refractivity contribution >= 4 is 17.8 Å². The van der Waals surface area contributed by atoms with Crippen molar-refractivity contribution in [2.45, 2.75) is 70.1 Å². The molecule has 6 nitrogen and oxygen atoms in total. The van der Waals surface area contributed by atoms with Crippen LogP contribution in [0.4, 0.5) is 0 Å². The van der Waals surface area contributed by atoms with Gasteiger partial charge in [-0.05, 0) is 42.7 Å². The maximum absolute atomic E-state index is 13.8. The predicted octanol–water partition coefficient (Wildman–Crippen LogP) is 4.83. The highest BCUT2D eigenvalue weighted by molar-refractivity contribution is 5.91. The van der Waals surface area contributed by atoms with Crippen molar-refractivity contribution in [1.82, 2.24) is 10.2 Å². The maximum Gasteiger partial charge on any atom is 0.329 e. The van der Waals surface area contributed by atoms with Gasteiger partial charge in [0.05, 0.1) is 11.8 Å². The van der Waals surface area contributed by atoms with Gasteiger partial charge < -0.3 is 15.0 Å². The molecule has 1 aliphatic heterocycles. The molecule has 38 heavy (non-hydrogen) atoms. The van der Waals surface area contributed by atoms with E-state index >= 15 is 0 Å². The van der Waals surface area contributed by atoms with Crippen LogP contribution in [0.1, 0.15) is 56.1 Å². The number of hydrogen-bond donors (Lipinski definition) is 1. The molecule has 2 aromatic carbocycles. The number of rotatable bonds is 8. The molecule has 1 heterocycles. The fourth-order valence-corrected chi connectivity index (χ4v) is 6.36. The van der Waals surface area contributed by atoms with Gasteiger partial charge in [0.2, 0.25) is 11.8 Å². The second-order valence-corrected chi connectivity index (χ2v) is 10.9. The van der Waals surface area contributed by atoms with Crippen LogP contribution in [0.2, 0.25) is 0 Å². The van der Waals surface area contributed by atoms with E-state index in [9.17, 15) is 14.4 Å². The number of benzene rings is 2. The highest BCUT2D eigenvalue weighted by Gasteiger charge is 2.46. The summed E-state index contributed by atoms with van der Waals surface area (Å²) in [6.07, 6.45) is 11.6. The van der Waals surface area contributed by atoms with Crippen molar-refractivity contribution in [2.75, 3.05) is 6.54 Å². The molecule has 0 radical (unpaired) electrons. The number of piperidine rings is 1. The molecule has 4 atom stereocenters. The molecule has 1 saturated carbocycles. The minimum Gasteiger partial charge on any atom is -0.459 e. The first kappa shape index (κ1) is 26.2. The Kier molecular flexibility index (Phi) is 8.57. The van der Waals surface area contributed by atoms with Crippen LogP contribution < -0.4 is 5.32 Å². The van der Waals surface area contributed by atoms with Crippen molar-refractivity contribution in [2.24, 2.45) is 17.8 Å². The topological polar surface area (TPSA) is 75.7 Å². The fourth-order valence-electron chi connectivity index (χ4n) is 6.36. The smallest absolute Gasteiger partial charge is 0.329 e. The number of fused-ring (bicyclic) bond motifs is 1. The molecular formula is C32H38N2O4. The predicted molar refractivity (Wildman–Crippen MR) is 146 cm³/mol. The Morgan fingerprint density at radius 1 is 0.921 bits per heavy atom. The lowest BCUT2D eigenvalue weighted by Gasteiger charge is -2.45. The van der Waals surface area contributed by atoms with E-state index in [2.05, 4.69) is 16.3 Å². The van der Waals surface area contributed by atoms with Gasteiger partial charge in [0.15, 0.2) is 0 Å². The molecule has 1 N–H and O–H groups in total. The van der Waals surface area contributed by atoms with Gasteiger partial charge in [-0.3, -0.25) is 9.59 Å². The number of carbonyl (C=O) groups excluding carboxylic acids is 3.